The molecular weight excluding hydrogens is 235 g/mol. The lowest BCUT2D eigenvalue weighted by Gasteiger charge is -1.48. The molecule has 0 bridgehead atoms. The molecule has 0 saturated heterocycles. The Kier molecular flexibility index (Phi) is 223. The SMILES string of the molecule is CC.CCC.CCC.CI. The monoisotopic (exact) mass is 260 g/mol. The van der Waals surface area contributed by atoms with Crippen LogP contribution in [0.4, 0.5) is 0 Å². The first-order valence-electron chi connectivity index (χ1n) is 4.21. The second-order valence-electron chi connectivity index (χ2n) is 1.41. The Balaban J connectivity index is -0.0000000246. The van der Waals surface area contributed by atoms with Crippen LogP contribution in [-0.4, -0.2) is 4.93 Å². The standard InChI is InChI=1S/2C3H8.C2H6.CH3I/c2*1-3-2;2*1-2/h2*3H2,1-2H3;1-2H3;1H3. The molecule has 0 aromatic carbocycles. The predicted molar refractivity (Wildman–Crippen MR) is 63.2 cm³/mol. The van der Waals surface area contributed by atoms with Crippen molar-refractivity contribution in [2.75, 3.05) is 4.93 Å². The summed E-state index contributed by atoms with van der Waals surface area (Å²) in [5, 5.41) is 0. The Morgan fingerprint density at radius 1 is 0.700 bits per heavy atom. The van der Waals surface area contributed by atoms with Crippen molar-refractivity contribution in [3.8, 4) is 0 Å². The highest BCUT2D eigenvalue weighted by atomic mass is 127. The molecule has 68 valence electrons. The molecule has 0 atom stereocenters. The first-order valence-corrected chi connectivity index (χ1v) is 6.36. The largest absolute Gasteiger partial charge is 0.0901 e. The van der Waals surface area contributed by atoms with Crippen molar-refractivity contribution in [2.45, 2.75) is 54.4 Å². The van der Waals surface area contributed by atoms with E-state index in [2.05, 4.69) is 50.3 Å². The van der Waals surface area contributed by atoms with E-state index >= 15 is 0 Å². The third-order valence-electron chi connectivity index (χ3n) is 0. The van der Waals surface area contributed by atoms with Crippen molar-refractivity contribution >= 4 is 22.6 Å². The van der Waals surface area contributed by atoms with E-state index < -0.39 is 0 Å². The summed E-state index contributed by atoms with van der Waals surface area (Å²) < 4.78 is 0. The van der Waals surface area contributed by atoms with Crippen LogP contribution in [-0.2, 0) is 0 Å². The van der Waals surface area contributed by atoms with Gasteiger partial charge in [0.25, 0.3) is 0 Å². The summed E-state index contributed by atoms with van der Waals surface area (Å²) in [4.78, 5) is 1.97. The number of hydrogen-bond acceptors (Lipinski definition) is 0. The molecule has 0 aromatic rings. The van der Waals surface area contributed by atoms with Crippen LogP contribution in [0.25, 0.3) is 0 Å². The smallest absolute Gasteiger partial charge is 0.0121 e. The molecular formula is C9H25I. The zero-order valence-electron chi connectivity index (χ0n) is 8.79. The van der Waals surface area contributed by atoms with Crippen LogP contribution in [0.2, 0.25) is 0 Å². The fourth-order valence-corrected chi connectivity index (χ4v) is 0. The summed E-state index contributed by atoms with van der Waals surface area (Å²) in [6.07, 6.45) is 2.50. The van der Waals surface area contributed by atoms with Crippen molar-refractivity contribution in [1.82, 2.24) is 0 Å². The molecule has 0 amide bonds. The van der Waals surface area contributed by atoms with Gasteiger partial charge in [-0.1, -0.05) is 77.0 Å². The maximum atomic E-state index is 2.15. The van der Waals surface area contributed by atoms with Crippen LogP contribution in [0.5, 0.6) is 0 Å². The van der Waals surface area contributed by atoms with E-state index in [1.807, 2.05) is 18.8 Å². The lowest BCUT2D eigenvalue weighted by molar-refractivity contribution is 1.09. The highest BCUT2D eigenvalue weighted by Gasteiger charge is 1.36. The topological polar surface area (TPSA) is 0 Å². The van der Waals surface area contributed by atoms with Crippen LogP contribution in [0, 0.1) is 0 Å². The van der Waals surface area contributed by atoms with Gasteiger partial charge in [0.15, 0.2) is 0 Å². The van der Waals surface area contributed by atoms with Gasteiger partial charge in [0.05, 0.1) is 0 Å². The first-order chi connectivity index (χ1) is 4.83. The predicted octanol–water partition coefficient (Wildman–Crippen LogP) is 4.91. The Hall–Kier alpha value is 0.730. The quantitative estimate of drug-likeness (QED) is 0.429. The minimum atomic E-state index is 1.25. The molecule has 0 N–H and O–H groups in total. The van der Waals surface area contributed by atoms with E-state index in [4.69, 9.17) is 0 Å². The van der Waals surface area contributed by atoms with Gasteiger partial charge < -0.3 is 0 Å². The van der Waals surface area contributed by atoms with Crippen molar-refractivity contribution in [3.63, 3.8) is 0 Å². The number of hydrogen-bond donors (Lipinski definition) is 0. The average Bonchev–Trinajstić information content (AvgIpc) is 1.99. The fourth-order valence-electron chi connectivity index (χ4n) is 0. The number of rotatable bonds is 0. The summed E-state index contributed by atoms with van der Waals surface area (Å²) >= 11 is 2.15. The molecule has 0 fully saturated rings. The third kappa shape index (κ3) is 979. The molecule has 0 nitrogen and oxygen atoms in total. The molecule has 0 rings (SSSR count). The van der Waals surface area contributed by atoms with E-state index in [9.17, 15) is 0 Å². The second-order valence-corrected chi connectivity index (χ2v) is 1.41. The van der Waals surface area contributed by atoms with Crippen LogP contribution < -0.4 is 0 Å². The van der Waals surface area contributed by atoms with Crippen LogP contribution in [0.3, 0.4) is 0 Å². The van der Waals surface area contributed by atoms with E-state index in [0.717, 1.165) is 0 Å². The van der Waals surface area contributed by atoms with E-state index in [0.29, 0.717) is 0 Å². The van der Waals surface area contributed by atoms with Gasteiger partial charge in [-0.3, -0.25) is 0 Å². The van der Waals surface area contributed by atoms with Gasteiger partial charge in [0, 0.05) is 0 Å². The Bertz CT molecular complexity index is 6.69. The van der Waals surface area contributed by atoms with Crippen molar-refractivity contribution in [3.05, 3.63) is 0 Å². The highest BCUT2D eigenvalue weighted by molar-refractivity contribution is 14.1. The third-order valence-corrected chi connectivity index (χ3v) is 0. The zero-order chi connectivity index (χ0) is 9.41. The molecule has 0 radical (unpaired) electrons. The lowest BCUT2D eigenvalue weighted by Crippen LogP contribution is -1.27. The molecule has 1 heteroatoms. The lowest BCUT2D eigenvalue weighted by atomic mass is 10.6. The molecule has 0 unspecified atom stereocenters. The summed E-state index contributed by atoms with van der Waals surface area (Å²) in [6.45, 7) is 12.5. The Labute approximate surface area is 81.9 Å². The van der Waals surface area contributed by atoms with Gasteiger partial charge >= 0.3 is 0 Å². The molecule has 10 heavy (non-hydrogen) atoms. The van der Waals surface area contributed by atoms with Crippen molar-refractivity contribution in [2.24, 2.45) is 0 Å². The molecule has 0 aliphatic rings. The van der Waals surface area contributed by atoms with Gasteiger partial charge in [0.1, 0.15) is 0 Å². The van der Waals surface area contributed by atoms with E-state index in [1.54, 1.807) is 0 Å². The van der Waals surface area contributed by atoms with Crippen LogP contribution in [0.15, 0.2) is 0 Å². The van der Waals surface area contributed by atoms with Crippen molar-refractivity contribution in [1.29, 1.82) is 0 Å². The summed E-state index contributed by atoms with van der Waals surface area (Å²) in [5.74, 6) is 0. The average molecular weight is 260 g/mol. The van der Waals surface area contributed by atoms with Gasteiger partial charge in [0.2, 0.25) is 0 Å². The van der Waals surface area contributed by atoms with Gasteiger partial charge in [-0.05, 0) is 4.93 Å². The Morgan fingerprint density at radius 3 is 0.700 bits per heavy atom. The number of alkyl halides is 1. The van der Waals surface area contributed by atoms with Crippen molar-refractivity contribution < 1.29 is 0 Å². The highest BCUT2D eigenvalue weighted by Crippen LogP contribution is 1.56. The minimum absolute atomic E-state index is 1.25. The summed E-state index contributed by atoms with van der Waals surface area (Å²) in [7, 11) is 0. The van der Waals surface area contributed by atoms with Gasteiger partial charge in [-0.25, -0.2) is 0 Å². The second kappa shape index (κ2) is 99.5. The normalized spacial score (nSPS) is 4.80. The molecule has 0 heterocycles. The first kappa shape index (κ1) is 22.4. The summed E-state index contributed by atoms with van der Waals surface area (Å²) in [6, 6.07) is 0. The zero-order valence-corrected chi connectivity index (χ0v) is 10.9. The molecule has 0 aliphatic carbocycles. The number of halogens is 1. The fraction of sp³-hybridized carbons (Fsp3) is 1.00. The van der Waals surface area contributed by atoms with Gasteiger partial charge in [-0.2, -0.15) is 0 Å². The van der Waals surface area contributed by atoms with Gasteiger partial charge in [-0.15, -0.1) is 0 Å². The molecule has 0 aliphatic heterocycles. The van der Waals surface area contributed by atoms with E-state index in [1.165, 1.54) is 12.8 Å². The Morgan fingerprint density at radius 2 is 0.700 bits per heavy atom. The summed E-state index contributed by atoms with van der Waals surface area (Å²) in [5.41, 5.74) is 0. The minimum Gasteiger partial charge on any atom is -0.0901 e. The maximum Gasteiger partial charge on any atom is -0.0121 e. The van der Waals surface area contributed by atoms with Crippen LogP contribution >= 0.6 is 22.6 Å². The molecule has 0 spiro atoms. The molecule has 0 saturated carbocycles. The van der Waals surface area contributed by atoms with Crippen LogP contribution in [0.1, 0.15) is 54.4 Å². The maximum absolute atomic E-state index is 2.15. The molecule has 0 aromatic heterocycles. The van der Waals surface area contributed by atoms with E-state index in [-0.39, 0.29) is 0 Å².